The number of hydrogen-bond donors (Lipinski definition) is 1. The topological polar surface area (TPSA) is 67.2 Å². The van der Waals surface area contributed by atoms with E-state index in [1.165, 1.54) is 31.3 Å². The molecule has 1 aliphatic heterocycles. The van der Waals surface area contributed by atoms with E-state index in [1.54, 1.807) is 4.90 Å². The molecule has 1 fully saturated rings. The van der Waals surface area contributed by atoms with E-state index in [2.05, 4.69) is 10.4 Å². The standard InChI is InChI=1S/C18H20F2N4O2/c1-23-17(25)5-4-16(22-23)21-18(26)24-7-2-3-12(6-8-24)13-9-14(19)11-15(20)10-13/h4-5,9-12H,2-3,6-8H2,1H3,(H,21,22,26). The molecule has 138 valence electrons. The summed E-state index contributed by atoms with van der Waals surface area (Å²) in [5, 5.41) is 6.65. The van der Waals surface area contributed by atoms with Crippen LogP contribution < -0.4 is 10.9 Å². The monoisotopic (exact) mass is 362 g/mol. The van der Waals surface area contributed by atoms with Crippen LogP contribution in [-0.2, 0) is 7.05 Å². The van der Waals surface area contributed by atoms with E-state index in [0.29, 0.717) is 30.9 Å². The van der Waals surface area contributed by atoms with E-state index in [-0.39, 0.29) is 17.5 Å². The zero-order chi connectivity index (χ0) is 18.7. The second-order valence-corrected chi connectivity index (χ2v) is 6.43. The summed E-state index contributed by atoms with van der Waals surface area (Å²) in [4.78, 5) is 25.4. The summed E-state index contributed by atoms with van der Waals surface area (Å²) < 4.78 is 28.0. The van der Waals surface area contributed by atoms with Gasteiger partial charge >= 0.3 is 6.03 Å². The largest absolute Gasteiger partial charge is 0.324 e. The smallest absolute Gasteiger partial charge is 0.323 e. The van der Waals surface area contributed by atoms with Crippen molar-refractivity contribution >= 4 is 11.8 Å². The number of urea groups is 1. The minimum atomic E-state index is -0.584. The maximum atomic E-state index is 13.4. The van der Waals surface area contributed by atoms with Gasteiger partial charge in [-0.1, -0.05) is 0 Å². The average Bonchev–Trinajstić information content (AvgIpc) is 2.83. The number of nitrogens with zero attached hydrogens (tertiary/aromatic N) is 3. The van der Waals surface area contributed by atoms with Gasteiger partial charge in [-0.3, -0.25) is 10.1 Å². The molecular weight excluding hydrogens is 342 g/mol. The summed E-state index contributed by atoms with van der Waals surface area (Å²) in [6.07, 6.45) is 2.11. The quantitative estimate of drug-likeness (QED) is 0.893. The minimum Gasteiger partial charge on any atom is -0.324 e. The van der Waals surface area contributed by atoms with Crippen molar-refractivity contribution in [2.45, 2.75) is 25.2 Å². The molecule has 0 radical (unpaired) electrons. The number of hydrogen-bond acceptors (Lipinski definition) is 3. The summed E-state index contributed by atoms with van der Waals surface area (Å²) in [5.74, 6) is -0.863. The van der Waals surface area contributed by atoms with Crippen molar-refractivity contribution in [1.29, 1.82) is 0 Å². The van der Waals surface area contributed by atoms with Crippen molar-refractivity contribution in [3.63, 3.8) is 0 Å². The molecule has 3 rings (SSSR count). The molecule has 1 aliphatic rings. The molecule has 1 unspecified atom stereocenters. The zero-order valence-corrected chi connectivity index (χ0v) is 14.4. The van der Waals surface area contributed by atoms with Crippen molar-refractivity contribution in [3.8, 4) is 0 Å². The van der Waals surface area contributed by atoms with Crippen LogP contribution in [-0.4, -0.2) is 33.8 Å². The van der Waals surface area contributed by atoms with E-state index < -0.39 is 11.6 Å². The van der Waals surface area contributed by atoms with Crippen molar-refractivity contribution < 1.29 is 13.6 Å². The number of aryl methyl sites for hydroxylation is 1. The first-order valence-electron chi connectivity index (χ1n) is 8.48. The molecule has 1 aromatic carbocycles. The van der Waals surface area contributed by atoms with E-state index in [1.807, 2.05) is 0 Å². The first-order valence-corrected chi connectivity index (χ1v) is 8.48. The molecule has 0 aliphatic carbocycles. The van der Waals surface area contributed by atoms with E-state index in [4.69, 9.17) is 0 Å². The average molecular weight is 362 g/mol. The Labute approximate surface area is 149 Å². The second-order valence-electron chi connectivity index (χ2n) is 6.43. The predicted molar refractivity (Wildman–Crippen MR) is 93.0 cm³/mol. The Balaban J connectivity index is 1.65. The fourth-order valence-corrected chi connectivity index (χ4v) is 3.20. The number of halogens is 2. The van der Waals surface area contributed by atoms with Crippen LogP contribution in [0.5, 0.6) is 0 Å². The predicted octanol–water partition coefficient (Wildman–Crippen LogP) is 2.86. The number of anilines is 1. The van der Waals surface area contributed by atoms with Crippen LogP contribution in [0.4, 0.5) is 19.4 Å². The molecule has 0 spiro atoms. The summed E-state index contributed by atoms with van der Waals surface area (Å²) in [5.41, 5.74) is 0.368. The molecule has 0 bridgehead atoms. The molecule has 2 heterocycles. The van der Waals surface area contributed by atoms with Crippen LogP contribution >= 0.6 is 0 Å². The van der Waals surface area contributed by atoms with Gasteiger partial charge in [-0.05, 0) is 48.9 Å². The van der Waals surface area contributed by atoms with Gasteiger partial charge in [0, 0.05) is 32.3 Å². The van der Waals surface area contributed by atoms with Crippen LogP contribution in [0.25, 0.3) is 0 Å². The van der Waals surface area contributed by atoms with Crippen molar-refractivity contribution in [3.05, 3.63) is 57.9 Å². The third kappa shape index (κ3) is 4.25. The third-order valence-corrected chi connectivity index (χ3v) is 4.57. The highest BCUT2D eigenvalue weighted by molar-refractivity contribution is 5.88. The number of benzene rings is 1. The Morgan fingerprint density at radius 3 is 2.58 bits per heavy atom. The van der Waals surface area contributed by atoms with E-state index in [9.17, 15) is 18.4 Å². The molecule has 26 heavy (non-hydrogen) atoms. The number of rotatable bonds is 2. The lowest BCUT2D eigenvalue weighted by atomic mass is 9.92. The molecule has 1 saturated heterocycles. The number of amides is 2. The molecule has 2 amide bonds. The van der Waals surface area contributed by atoms with Crippen molar-refractivity contribution in [2.75, 3.05) is 18.4 Å². The van der Waals surface area contributed by atoms with Crippen molar-refractivity contribution in [1.82, 2.24) is 14.7 Å². The maximum absolute atomic E-state index is 13.4. The van der Waals surface area contributed by atoms with Gasteiger partial charge in [0.05, 0.1) is 0 Å². The number of aromatic nitrogens is 2. The summed E-state index contributed by atoms with van der Waals surface area (Å²) >= 11 is 0. The molecule has 0 saturated carbocycles. The lowest BCUT2D eigenvalue weighted by Crippen LogP contribution is -2.36. The Bertz CT molecular complexity index is 848. The Kier molecular flexibility index (Phi) is 5.29. The van der Waals surface area contributed by atoms with Gasteiger partial charge in [-0.25, -0.2) is 18.3 Å². The normalized spacial score (nSPS) is 17.7. The summed E-state index contributed by atoms with van der Waals surface area (Å²) in [7, 11) is 1.51. The summed E-state index contributed by atoms with van der Waals surface area (Å²) in [6.45, 7) is 1.02. The van der Waals surface area contributed by atoms with Crippen LogP contribution in [0.1, 0.15) is 30.7 Å². The molecule has 2 aromatic rings. The fourth-order valence-electron chi connectivity index (χ4n) is 3.20. The molecule has 1 atom stereocenters. The van der Waals surface area contributed by atoms with Gasteiger partial charge in [-0.2, -0.15) is 5.10 Å². The SMILES string of the molecule is Cn1nc(NC(=O)N2CCCC(c3cc(F)cc(F)c3)CC2)ccc1=O. The fraction of sp³-hybridized carbons (Fsp3) is 0.389. The second kappa shape index (κ2) is 7.63. The van der Waals surface area contributed by atoms with Gasteiger partial charge in [0.25, 0.3) is 5.56 Å². The number of nitrogens with one attached hydrogen (secondary N) is 1. The highest BCUT2D eigenvalue weighted by atomic mass is 19.1. The number of carbonyl (C=O) groups excluding carboxylic acids is 1. The van der Waals surface area contributed by atoms with Crippen molar-refractivity contribution in [2.24, 2.45) is 7.05 Å². The Hall–Kier alpha value is -2.77. The lowest BCUT2D eigenvalue weighted by Gasteiger charge is -2.21. The minimum absolute atomic E-state index is 0.00803. The zero-order valence-electron chi connectivity index (χ0n) is 14.4. The Morgan fingerprint density at radius 2 is 1.88 bits per heavy atom. The lowest BCUT2D eigenvalue weighted by molar-refractivity contribution is 0.213. The third-order valence-electron chi connectivity index (χ3n) is 4.57. The van der Waals surface area contributed by atoms with Gasteiger partial charge in [-0.15, -0.1) is 0 Å². The van der Waals surface area contributed by atoms with E-state index in [0.717, 1.165) is 23.6 Å². The highest BCUT2D eigenvalue weighted by Gasteiger charge is 2.22. The molecular formula is C18H20F2N4O2. The number of likely N-dealkylation sites (tertiary alicyclic amines) is 1. The van der Waals surface area contributed by atoms with Gasteiger partial charge in [0.2, 0.25) is 0 Å². The van der Waals surface area contributed by atoms with Crippen LogP contribution in [0.2, 0.25) is 0 Å². The van der Waals surface area contributed by atoms with Gasteiger partial charge in [0.15, 0.2) is 5.82 Å². The maximum Gasteiger partial charge on any atom is 0.323 e. The molecule has 8 heteroatoms. The van der Waals surface area contributed by atoms with E-state index >= 15 is 0 Å². The molecule has 1 N–H and O–H groups in total. The highest BCUT2D eigenvalue weighted by Crippen LogP contribution is 2.29. The number of carbonyl (C=O) groups is 1. The summed E-state index contributed by atoms with van der Waals surface area (Å²) in [6, 6.07) is 6.06. The van der Waals surface area contributed by atoms with Crippen LogP contribution in [0.3, 0.4) is 0 Å². The van der Waals surface area contributed by atoms with Gasteiger partial charge in [0.1, 0.15) is 11.6 Å². The molecule has 6 nitrogen and oxygen atoms in total. The van der Waals surface area contributed by atoms with Crippen LogP contribution in [0, 0.1) is 11.6 Å². The first kappa shape index (κ1) is 18.0. The first-order chi connectivity index (χ1) is 12.4. The Morgan fingerprint density at radius 1 is 1.15 bits per heavy atom. The van der Waals surface area contributed by atoms with Crippen LogP contribution in [0.15, 0.2) is 35.1 Å². The molecule has 1 aromatic heterocycles. The van der Waals surface area contributed by atoms with Gasteiger partial charge < -0.3 is 4.90 Å².